The van der Waals surface area contributed by atoms with Crippen molar-refractivity contribution in [1.29, 1.82) is 0 Å². The van der Waals surface area contributed by atoms with E-state index in [0.717, 1.165) is 25.7 Å². The standard InChI is InChI=1S/C11H17NO3/c13-10-6-8(11(14)15)7-12(10)9-4-2-1-3-5-9/h8-9H,1-7H2,(H,14,15)/p-1/t8-/m1/s1. The van der Waals surface area contributed by atoms with Gasteiger partial charge in [-0.2, -0.15) is 0 Å². The van der Waals surface area contributed by atoms with Crippen molar-refractivity contribution in [1.82, 2.24) is 4.90 Å². The van der Waals surface area contributed by atoms with Crippen LogP contribution in [0.2, 0.25) is 0 Å². The van der Waals surface area contributed by atoms with Crippen LogP contribution in [0.4, 0.5) is 0 Å². The minimum Gasteiger partial charge on any atom is -0.550 e. The third-order valence-corrected chi connectivity index (χ3v) is 3.51. The van der Waals surface area contributed by atoms with E-state index in [1.807, 2.05) is 0 Å². The number of hydrogen-bond donors (Lipinski definition) is 0. The Labute approximate surface area is 89.3 Å². The van der Waals surface area contributed by atoms with Gasteiger partial charge >= 0.3 is 0 Å². The number of carboxylic acids is 1. The van der Waals surface area contributed by atoms with Gasteiger partial charge in [-0.3, -0.25) is 4.79 Å². The second-order valence-electron chi connectivity index (χ2n) is 4.56. The van der Waals surface area contributed by atoms with Crippen LogP contribution in [0.5, 0.6) is 0 Å². The van der Waals surface area contributed by atoms with Crippen LogP contribution < -0.4 is 5.11 Å². The van der Waals surface area contributed by atoms with Gasteiger partial charge in [0.05, 0.1) is 0 Å². The second kappa shape index (κ2) is 4.21. The average molecular weight is 210 g/mol. The molecule has 0 radical (unpaired) electrons. The SMILES string of the molecule is O=C([O-])[C@@H]1CC(=O)N(C2CCCCC2)C1. The third kappa shape index (κ3) is 2.13. The zero-order chi connectivity index (χ0) is 10.8. The van der Waals surface area contributed by atoms with E-state index in [9.17, 15) is 14.7 Å². The number of nitrogens with zero attached hydrogens (tertiary/aromatic N) is 1. The van der Waals surface area contributed by atoms with Crippen LogP contribution in [-0.4, -0.2) is 29.4 Å². The second-order valence-corrected chi connectivity index (χ2v) is 4.56. The van der Waals surface area contributed by atoms with E-state index in [4.69, 9.17) is 0 Å². The maximum Gasteiger partial charge on any atom is 0.223 e. The smallest absolute Gasteiger partial charge is 0.223 e. The van der Waals surface area contributed by atoms with Crippen LogP contribution in [0, 0.1) is 5.92 Å². The first-order valence-corrected chi connectivity index (χ1v) is 5.69. The molecule has 1 saturated heterocycles. The lowest BCUT2D eigenvalue weighted by atomic mass is 9.94. The summed E-state index contributed by atoms with van der Waals surface area (Å²) in [7, 11) is 0. The first kappa shape index (κ1) is 10.5. The summed E-state index contributed by atoms with van der Waals surface area (Å²) in [6, 6.07) is 0.288. The highest BCUT2D eigenvalue weighted by atomic mass is 16.4. The number of carbonyl (C=O) groups is 2. The predicted molar refractivity (Wildman–Crippen MR) is 51.7 cm³/mol. The van der Waals surface area contributed by atoms with Crippen molar-refractivity contribution in [3.63, 3.8) is 0 Å². The first-order chi connectivity index (χ1) is 7.18. The lowest BCUT2D eigenvalue weighted by Crippen LogP contribution is -2.39. The molecule has 2 rings (SSSR count). The fourth-order valence-corrected chi connectivity index (χ4v) is 2.64. The summed E-state index contributed by atoms with van der Waals surface area (Å²) in [6.45, 7) is 0.367. The molecular weight excluding hydrogens is 194 g/mol. The maximum absolute atomic E-state index is 11.6. The van der Waals surface area contributed by atoms with Crippen LogP contribution in [0.1, 0.15) is 38.5 Å². The molecule has 1 atom stereocenters. The Balaban J connectivity index is 1.97. The van der Waals surface area contributed by atoms with Gasteiger partial charge in [-0.05, 0) is 12.8 Å². The van der Waals surface area contributed by atoms with Crippen molar-refractivity contribution in [3.05, 3.63) is 0 Å². The number of amides is 1. The molecule has 1 saturated carbocycles. The number of hydrogen-bond acceptors (Lipinski definition) is 3. The molecule has 1 heterocycles. The van der Waals surface area contributed by atoms with Crippen LogP contribution in [-0.2, 0) is 9.59 Å². The largest absolute Gasteiger partial charge is 0.550 e. The lowest BCUT2D eigenvalue weighted by Gasteiger charge is -2.31. The van der Waals surface area contributed by atoms with E-state index < -0.39 is 11.9 Å². The van der Waals surface area contributed by atoms with Gasteiger partial charge < -0.3 is 14.8 Å². The van der Waals surface area contributed by atoms with Gasteiger partial charge in [-0.1, -0.05) is 19.3 Å². The molecule has 0 bridgehead atoms. The summed E-state index contributed by atoms with van der Waals surface area (Å²) >= 11 is 0. The Hall–Kier alpha value is -1.06. The molecule has 1 amide bonds. The monoisotopic (exact) mass is 210 g/mol. The lowest BCUT2D eigenvalue weighted by molar-refractivity contribution is -0.311. The van der Waals surface area contributed by atoms with Gasteiger partial charge in [0.25, 0.3) is 0 Å². The zero-order valence-electron chi connectivity index (χ0n) is 8.78. The van der Waals surface area contributed by atoms with Crippen molar-refractivity contribution in [2.75, 3.05) is 6.54 Å². The minimum absolute atomic E-state index is 0.00361. The summed E-state index contributed by atoms with van der Waals surface area (Å²) in [5.41, 5.74) is 0. The molecule has 0 aromatic rings. The highest BCUT2D eigenvalue weighted by molar-refractivity contribution is 5.85. The highest BCUT2D eigenvalue weighted by Gasteiger charge is 2.35. The average Bonchev–Trinajstić information content (AvgIpc) is 2.62. The summed E-state index contributed by atoms with van der Waals surface area (Å²) in [5.74, 6) is -1.67. The quantitative estimate of drug-likeness (QED) is 0.640. The van der Waals surface area contributed by atoms with Crippen LogP contribution in [0.15, 0.2) is 0 Å². The maximum atomic E-state index is 11.6. The van der Waals surface area contributed by atoms with E-state index in [2.05, 4.69) is 0 Å². The molecule has 1 aliphatic heterocycles. The van der Waals surface area contributed by atoms with E-state index >= 15 is 0 Å². The van der Waals surface area contributed by atoms with Gasteiger partial charge in [0.15, 0.2) is 0 Å². The summed E-state index contributed by atoms with van der Waals surface area (Å²) < 4.78 is 0. The van der Waals surface area contributed by atoms with Gasteiger partial charge in [-0.25, -0.2) is 0 Å². The van der Waals surface area contributed by atoms with Crippen molar-refractivity contribution >= 4 is 11.9 Å². The molecule has 1 aliphatic carbocycles. The van der Waals surface area contributed by atoms with Gasteiger partial charge in [-0.15, -0.1) is 0 Å². The summed E-state index contributed by atoms with van der Waals surface area (Å²) in [4.78, 5) is 24.1. The topological polar surface area (TPSA) is 60.4 Å². The van der Waals surface area contributed by atoms with Crippen LogP contribution in [0.3, 0.4) is 0 Å². The van der Waals surface area contributed by atoms with Crippen molar-refractivity contribution in [2.45, 2.75) is 44.6 Å². The van der Waals surface area contributed by atoms with E-state index in [0.29, 0.717) is 6.54 Å². The summed E-state index contributed by atoms with van der Waals surface area (Å²) in [5, 5.41) is 10.7. The Morgan fingerprint density at radius 1 is 1.27 bits per heavy atom. The fraction of sp³-hybridized carbons (Fsp3) is 0.818. The highest BCUT2D eigenvalue weighted by Crippen LogP contribution is 2.28. The molecule has 4 nitrogen and oxygen atoms in total. The van der Waals surface area contributed by atoms with Crippen molar-refractivity contribution in [3.8, 4) is 0 Å². The van der Waals surface area contributed by atoms with Crippen molar-refractivity contribution < 1.29 is 14.7 Å². The Bertz CT molecular complexity index is 271. The summed E-state index contributed by atoms with van der Waals surface area (Å²) in [6.07, 6.45) is 5.76. The molecule has 0 N–H and O–H groups in total. The Morgan fingerprint density at radius 2 is 1.93 bits per heavy atom. The van der Waals surface area contributed by atoms with Crippen LogP contribution >= 0.6 is 0 Å². The zero-order valence-corrected chi connectivity index (χ0v) is 8.78. The number of aliphatic carboxylic acids is 1. The number of carboxylic acid groups (broad SMARTS) is 1. The molecule has 4 heteroatoms. The molecule has 0 spiro atoms. The predicted octanol–water partition coefficient (Wildman–Crippen LogP) is -0.0825. The third-order valence-electron chi connectivity index (χ3n) is 3.51. The normalized spacial score (nSPS) is 28.4. The molecular formula is C11H16NO3-. The van der Waals surface area contributed by atoms with Gasteiger partial charge in [0.1, 0.15) is 0 Å². The number of likely N-dealkylation sites (tertiary alicyclic amines) is 1. The van der Waals surface area contributed by atoms with Gasteiger partial charge in [0.2, 0.25) is 5.91 Å². The number of rotatable bonds is 2. The molecule has 2 fully saturated rings. The van der Waals surface area contributed by atoms with Crippen LogP contribution in [0.25, 0.3) is 0 Å². The van der Waals surface area contributed by atoms with E-state index in [1.54, 1.807) is 4.90 Å². The molecule has 2 aliphatic rings. The molecule has 0 aromatic carbocycles. The molecule has 15 heavy (non-hydrogen) atoms. The first-order valence-electron chi connectivity index (χ1n) is 5.69. The van der Waals surface area contributed by atoms with Crippen molar-refractivity contribution in [2.24, 2.45) is 5.92 Å². The fourth-order valence-electron chi connectivity index (χ4n) is 2.64. The molecule has 84 valence electrons. The van der Waals surface area contributed by atoms with E-state index in [-0.39, 0.29) is 18.4 Å². The van der Waals surface area contributed by atoms with Gasteiger partial charge in [0, 0.05) is 30.9 Å². The molecule has 0 unspecified atom stereocenters. The Kier molecular flexibility index (Phi) is 2.93. The molecule has 0 aromatic heterocycles. The minimum atomic E-state index is -1.08. The number of carbonyl (C=O) groups excluding carboxylic acids is 2. The Morgan fingerprint density at radius 3 is 2.47 bits per heavy atom. The van der Waals surface area contributed by atoms with E-state index in [1.165, 1.54) is 6.42 Å².